The molecule has 2 rings (SSSR count). The van der Waals surface area contributed by atoms with Crippen molar-refractivity contribution in [1.82, 2.24) is 15.5 Å². The van der Waals surface area contributed by atoms with E-state index in [4.69, 9.17) is 14.0 Å². The molecule has 7 nitrogen and oxygen atoms in total. The number of hydrogen-bond donors (Lipinski definition) is 1. The third-order valence-corrected chi connectivity index (χ3v) is 2.62. The number of ether oxygens (including phenoxy) is 2. The minimum absolute atomic E-state index is 0.199. The van der Waals surface area contributed by atoms with Crippen LogP contribution in [0.4, 0.5) is 0 Å². The molecule has 1 amide bonds. The van der Waals surface area contributed by atoms with Crippen molar-refractivity contribution in [3.05, 3.63) is 35.5 Å². The summed E-state index contributed by atoms with van der Waals surface area (Å²) in [6.07, 6.45) is 0. The van der Waals surface area contributed by atoms with Gasteiger partial charge in [-0.05, 0) is 18.2 Å². The molecule has 0 aliphatic rings. The quantitative estimate of drug-likeness (QED) is 0.887. The van der Waals surface area contributed by atoms with Crippen LogP contribution in [0.1, 0.15) is 22.1 Å². The standard InChI is InChI=1S/C13H15N3O4/c1-8-15-12(16-20-8)7-14-13(17)9-4-5-10(18-2)11(6-9)19-3/h4-6H,7H2,1-3H3,(H,14,17). The van der Waals surface area contributed by atoms with Gasteiger partial charge in [0.15, 0.2) is 17.3 Å². The normalized spacial score (nSPS) is 10.2. The van der Waals surface area contributed by atoms with Gasteiger partial charge in [-0.15, -0.1) is 0 Å². The molecular formula is C13H15N3O4. The van der Waals surface area contributed by atoms with E-state index in [1.165, 1.54) is 14.2 Å². The lowest BCUT2D eigenvalue weighted by Gasteiger charge is -2.09. The zero-order valence-electron chi connectivity index (χ0n) is 11.5. The highest BCUT2D eigenvalue weighted by Crippen LogP contribution is 2.27. The van der Waals surface area contributed by atoms with Crippen LogP contribution in [0.2, 0.25) is 0 Å². The number of amides is 1. The molecule has 0 aliphatic heterocycles. The lowest BCUT2D eigenvalue weighted by atomic mass is 10.2. The maximum atomic E-state index is 12.0. The average Bonchev–Trinajstić information content (AvgIpc) is 2.89. The monoisotopic (exact) mass is 277 g/mol. The van der Waals surface area contributed by atoms with Gasteiger partial charge in [-0.25, -0.2) is 0 Å². The molecule has 0 saturated carbocycles. The molecule has 0 atom stereocenters. The summed E-state index contributed by atoms with van der Waals surface area (Å²) in [5.74, 6) is 1.69. The van der Waals surface area contributed by atoms with Gasteiger partial charge in [0, 0.05) is 12.5 Å². The minimum Gasteiger partial charge on any atom is -0.493 e. The van der Waals surface area contributed by atoms with Crippen molar-refractivity contribution in [2.45, 2.75) is 13.5 Å². The van der Waals surface area contributed by atoms with Crippen molar-refractivity contribution in [2.75, 3.05) is 14.2 Å². The van der Waals surface area contributed by atoms with Crippen molar-refractivity contribution >= 4 is 5.91 Å². The Hall–Kier alpha value is -2.57. The van der Waals surface area contributed by atoms with Crippen LogP contribution in [-0.4, -0.2) is 30.3 Å². The van der Waals surface area contributed by atoms with Crippen LogP contribution in [0.15, 0.2) is 22.7 Å². The van der Waals surface area contributed by atoms with Gasteiger partial charge in [-0.2, -0.15) is 4.98 Å². The number of rotatable bonds is 5. The van der Waals surface area contributed by atoms with E-state index in [0.717, 1.165) is 0 Å². The van der Waals surface area contributed by atoms with E-state index in [9.17, 15) is 4.79 Å². The summed E-state index contributed by atoms with van der Waals surface area (Å²) in [4.78, 5) is 16.0. The number of methoxy groups -OCH3 is 2. The van der Waals surface area contributed by atoms with Gasteiger partial charge < -0.3 is 19.3 Å². The third kappa shape index (κ3) is 3.05. The number of nitrogens with one attached hydrogen (secondary N) is 1. The Bertz CT molecular complexity index is 609. The summed E-state index contributed by atoms with van der Waals surface area (Å²) >= 11 is 0. The molecular weight excluding hydrogens is 262 g/mol. The van der Waals surface area contributed by atoms with Gasteiger partial charge in [-0.3, -0.25) is 4.79 Å². The molecule has 1 aromatic heterocycles. The number of carbonyl (C=O) groups excluding carboxylic acids is 1. The van der Waals surface area contributed by atoms with E-state index in [1.54, 1.807) is 25.1 Å². The molecule has 0 saturated heterocycles. The summed E-state index contributed by atoms with van der Waals surface area (Å²) in [5, 5.41) is 6.39. The maximum Gasteiger partial charge on any atom is 0.251 e. The van der Waals surface area contributed by atoms with Crippen LogP contribution in [-0.2, 0) is 6.54 Å². The Morgan fingerprint density at radius 2 is 2.05 bits per heavy atom. The van der Waals surface area contributed by atoms with E-state index < -0.39 is 0 Å². The van der Waals surface area contributed by atoms with Gasteiger partial charge in [0.1, 0.15) is 0 Å². The van der Waals surface area contributed by atoms with Gasteiger partial charge in [0.05, 0.1) is 20.8 Å². The molecule has 0 spiro atoms. The van der Waals surface area contributed by atoms with E-state index in [2.05, 4.69) is 15.5 Å². The first-order valence-electron chi connectivity index (χ1n) is 5.93. The fourth-order valence-electron chi connectivity index (χ4n) is 1.65. The first kappa shape index (κ1) is 13.9. The summed E-state index contributed by atoms with van der Waals surface area (Å²) in [7, 11) is 3.05. The molecule has 2 aromatic rings. The largest absolute Gasteiger partial charge is 0.493 e. The van der Waals surface area contributed by atoms with Crippen LogP contribution in [0.5, 0.6) is 11.5 Å². The third-order valence-electron chi connectivity index (χ3n) is 2.62. The first-order valence-corrected chi connectivity index (χ1v) is 5.93. The van der Waals surface area contributed by atoms with E-state index >= 15 is 0 Å². The SMILES string of the molecule is COc1ccc(C(=O)NCc2noc(C)n2)cc1OC. The molecule has 1 N–H and O–H groups in total. The zero-order valence-corrected chi connectivity index (χ0v) is 11.5. The fourth-order valence-corrected chi connectivity index (χ4v) is 1.65. The van der Waals surface area contributed by atoms with Gasteiger partial charge >= 0.3 is 0 Å². The summed E-state index contributed by atoms with van der Waals surface area (Å²) in [6, 6.07) is 4.93. The molecule has 0 radical (unpaired) electrons. The molecule has 0 fully saturated rings. The average molecular weight is 277 g/mol. The molecule has 20 heavy (non-hydrogen) atoms. The number of aromatic nitrogens is 2. The maximum absolute atomic E-state index is 12.0. The van der Waals surface area contributed by atoms with Crippen LogP contribution in [0.25, 0.3) is 0 Å². The lowest BCUT2D eigenvalue weighted by Crippen LogP contribution is -2.23. The van der Waals surface area contributed by atoms with Crippen LogP contribution in [0.3, 0.4) is 0 Å². The molecule has 106 valence electrons. The van der Waals surface area contributed by atoms with E-state index in [0.29, 0.717) is 28.8 Å². The number of nitrogens with zero attached hydrogens (tertiary/aromatic N) is 2. The molecule has 7 heteroatoms. The van der Waals surface area contributed by atoms with Gasteiger partial charge in [0.25, 0.3) is 5.91 Å². The fraction of sp³-hybridized carbons (Fsp3) is 0.308. The Kier molecular flexibility index (Phi) is 4.19. The summed E-state index contributed by atoms with van der Waals surface area (Å²) in [5.41, 5.74) is 0.461. The van der Waals surface area contributed by atoms with Gasteiger partial charge in [0.2, 0.25) is 5.89 Å². The smallest absolute Gasteiger partial charge is 0.251 e. The van der Waals surface area contributed by atoms with E-state index in [1.807, 2.05) is 0 Å². The highest BCUT2D eigenvalue weighted by Gasteiger charge is 2.11. The van der Waals surface area contributed by atoms with Gasteiger partial charge in [-0.1, -0.05) is 5.16 Å². The van der Waals surface area contributed by atoms with Crippen LogP contribution in [0, 0.1) is 6.92 Å². The van der Waals surface area contributed by atoms with E-state index in [-0.39, 0.29) is 12.5 Å². The summed E-state index contributed by atoms with van der Waals surface area (Å²) in [6.45, 7) is 1.89. The molecule has 0 unspecified atom stereocenters. The molecule has 1 aromatic carbocycles. The Labute approximate surface area is 115 Å². The first-order chi connectivity index (χ1) is 9.63. The Balaban J connectivity index is 2.05. The molecule has 0 bridgehead atoms. The van der Waals surface area contributed by atoms with Crippen LogP contribution >= 0.6 is 0 Å². The van der Waals surface area contributed by atoms with Crippen molar-refractivity contribution < 1.29 is 18.8 Å². The van der Waals surface area contributed by atoms with Crippen molar-refractivity contribution in [3.63, 3.8) is 0 Å². The van der Waals surface area contributed by atoms with Crippen molar-refractivity contribution in [1.29, 1.82) is 0 Å². The van der Waals surface area contributed by atoms with Crippen molar-refractivity contribution in [3.8, 4) is 11.5 Å². The number of carbonyl (C=O) groups is 1. The molecule has 1 heterocycles. The topological polar surface area (TPSA) is 86.5 Å². The summed E-state index contributed by atoms with van der Waals surface area (Å²) < 4.78 is 15.1. The minimum atomic E-state index is -0.256. The number of benzene rings is 1. The number of aryl methyl sites for hydroxylation is 1. The van der Waals surface area contributed by atoms with Crippen molar-refractivity contribution in [2.24, 2.45) is 0 Å². The Morgan fingerprint density at radius 1 is 1.30 bits per heavy atom. The highest BCUT2D eigenvalue weighted by atomic mass is 16.5. The van der Waals surface area contributed by atoms with Crippen LogP contribution < -0.4 is 14.8 Å². The highest BCUT2D eigenvalue weighted by molar-refractivity contribution is 5.94. The predicted molar refractivity (Wildman–Crippen MR) is 69.8 cm³/mol. The zero-order chi connectivity index (χ0) is 14.5. The second-order valence-corrected chi connectivity index (χ2v) is 3.98. The lowest BCUT2D eigenvalue weighted by molar-refractivity contribution is 0.0949. The molecule has 0 aliphatic carbocycles. The second-order valence-electron chi connectivity index (χ2n) is 3.98. The number of hydrogen-bond acceptors (Lipinski definition) is 6. The Morgan fingerprint density at radius 3 is 2.65 bits per heavy atom. The second kappa shape index (κ2) is 6.05. The predicted octanol–water partition coefficient (Wildman–Crippen LogP) is 1.33.